The summed E-state index contributed by atoms with van der Waals surface area (Å²) in [5.74, 6) is -1.58. The van der Waals surface area contributed by atoms with Gasteiger partial charge in [-0.3, -0.25) is 13.9 Å². The molecule has 9 heteroatoms. The van der Waals surface area contributed by atoms with Crippen LogP contribution in [0.3, 0.4) is 0 Å². The Bertz CT molecular complexity index is 1360. The smallest absolute Gasteiger partial charge is 0.264 e. The number of anilines is 1. The summed E-state index contributed by atoms with van der Waals surface area (Å²) in [4.78, 5) is 27.7. The van der Waals surface area contributed by atoms with Gasteiger partial charge in [-0.15, -0.1) is 0 Å². The van der Waals surface area contributed by atoms with Crippen molar-refractivity contribution in [2.45, 2.75) is 45.2 Å². The van der Waals surface area contributed by atoms with Crippen molar-refractivity contribution in [2.24, 2.45) is 0 Å². The molecule has 37 heavy (non-hydrogen) atoms. The number of benzene rings is 3. The van der Waals surface area contributed by atoms with Crippen LogP contribution in [0.15, 0.2) is 77.7 Å². The number of halogens is 1. The van der Waals surface area contributed by atoms with Crippen molar-refractivity contribution in [3.8, 4) is 0 Å². The third-order valence-electron chi connectivity index (χ3n) is 6.27. The largest absolute Gasteiger partial charge is 0.355 e. The first kappa shape index (κ1) is 27.9. The number of carbonyl (C=O) groups excluding carboxylic acids is 2. The van der Waals surface area contributed by atoms with Gasteiger partial charge in [0.2, 0.25) is 11.8 Å². The molecule has 1 atom stereocenters. The van der Waals surface area contributed by atoms with E-state index in [-0.39, 0.29) is 17.0 Å². The number of sulfonamides is 1. The van der Waals surface area contributed by atoms with Gasteiger partial charge in [-0.2, -0.15) is 0 Å². The van der Waals surface area contributed by atoms with Gasteiger partial charge >= 0.3 is 0 Å². The van der Waals surface area contributed by atoms with Crippen LogP contribution in [-0.4, -0.2) is 44.3 Å². The molecule has 0 saturated carbocycles. The summed E-state index contributed by atoms with van der Waals surface area (Å²) in [6.07, 6.45) is 0. The van der Waals surface area contributed by atoms with Crippen LogP contribution in [0.25, 0.3) is 0 Å². The van der Waals surface area contributed by atoms with Crippen molar-refractivity contribution in [3.05, 3.63) is 95.3 Å². The van der Waals surface area contributed by atoms with E-state index in [0.717, 1.165) is 9.87 Å². The van der Waals surface area contributed by atoms with Crippen LogP contribution in [0.2, 0.25) is 0 Å². The van der Waals surface area contributed by atoms with E-state index in [1.807, 2.05) is 13.0 Å². The zero-order valence-electron chi connectivity index (χ0n) is 21.4. The first-order valence-electron chi connectivity index (χ1n) is 12.0. The minimum Gasteiger partial charge on any atom is -0.355 e. The zero-order chi connectivity index (χ0) is 27.2. The van der Waals surface area contributed by atoms with E-state index in [4.69, 9.17) is 0 Å². The van der Waals surface area contributed by atoms with Gasteiger partial charge in [0, 0.05) is 18.7 Å². The summed E-state index contributed by atoms with van der Waals surface area (Å²) < 4.78 is 43.2. The lowest BCUT2D eigenvalue weighted by Crippen LogP contribution is -2.51. The number of hydrogen-bond donors (Lipinski definition) is 1. The molecule has 0 aliphatic carbocycles. The Kier molecular flexibility index (Phi) is 9.04. The van der Waals surface area contributed by atoms with Crippen molar-refractivity contribution in [1.29, 1.82) is 0 Å². The molecule has 0 aliphatic rings. The van der Waals surface area contributed by atoms with Gasteiger partial charge in [0.05, 0.1) is 10.6 Å². The van der Waals surface area contributed by atoms with Crippen LogP contribution < -0.4 is 9.62 Å². The van der Waals surface area contributed by atoms with Crippen molar-refractivity contribution in [2.75, 3.05) is 17.4 Å². The van der Waals surface area contributed by atoms with Crippen molar-refractivity contribution < 1.29 is 22.4 Å². The molecular formula is C28H32FN3O4S. The molecule has 0 spiro atoms. The molecule has 0 aromatic heterocycles. The van der Waals surface area contributed by atoms with Crippen molar-refractivity contribution in [1.82, 2.24) is 10.2 Å². The standard InChI is InChI=1S/C28H32FN3O4S/c1-5-30-28(34)22(4)31(18-23-13-9-10-16-25(23)29)27(33)19-32(26-17-11-12-20(2)21(26)3)37(35,36)24-14-7-6-8-15-24/h6-17,22H,5,18-19H2,1-4H3,(H,30,34)/t22-/m0/s1. The van der Waals surface area contributed by atoms with E-state index in [0.29, 0.717) is 17.8 Å². The fourth-order valence-electron chi connectivity index (χ4n) is 3.95. The summed E-state index contributed by atoms with van der Waals surface area (Å²) in [6, 6.07) is 18.1. The SMILES string of the molecule is CCNC(=O)[C@H](C)N(Cc1ccccc1F)C(=O)CN(c1cccc(C)c1C)S(=O)(=O)c1ccccc1. The number of nitrogens with one attached hydrogen (secondary N) is 1. The molecule has 0 heterocycles. The van der Waals surface area contributed by atoms with E-state index in [1.54, 1.807) is 50.2 Å². The molecule has 0 saturated heterocycles. The minimum absolute atomic E-state index is 0.0288. The van der Waals surface area contributed by atoms with Crippen LogP contribution in [0.5, 0.6) is 0 Å². The number of likely N-dealkylation sites (N-methyl/N-ethyl adjacent to an activating group) is 1. The van der Waals surface area contributed by atoms with E-state index in [1.165, 1.54) is 42.2 Å². The first-order chi connectivity index (χ1) is 17.6. The Labute approximate surface area is 218 Å². The maximum absolute atomic E-state index is 14.5. The number of nitrogens with zero attached hydrogens (tertiary/aromatic N) is 2. The van der Waals surface area contributed by atoms with Gasteiger partial charge in [-0.05, 0) is 63.1 Å². The Hall–Kier alpha value is -3.72. The summed E-state index contributed by atoms with van der Waals surface area (Å²) in [6.45, 7) is 6.52. The van der Waals surface area contributed by atoms with Gasteiger partial charge in [-0.25, -0.2) is 12.8 Å². The maximum atomic E-state index is 14.5. The highest BCUT2D eigenvalue weighted by molar-refractivity contribution is 7.92. The third kappa shape index (κ3) is 6.35. The molecule has 0 fully saturated rings. The highest BCUT2D eigenvalue weighted by Crippen LogP contribution is 2.29. The highest BCUT2D eigenvalue weighted by atomic mass is 32.2. The average molecular weight is 526 g/mol. The van der Waals surface area contributed by atoms with E-state index < -0.39 is 40.2 Å². The van der Waals surface area contributed by atoms with Gasteiger partial charge in [0.1, 0.15) is 18.4 Å². The second kappa shape index (κ2) is 12.0. The number of hydrogen-bond acceptors (Lipinski definition) is 4. The molecule has 3 aromatic rings. The number of amides is 2. The molecule has 1 N–H and O–H groups in total. The second-order valence-electron chi connectivity index (χ2n) is 8.73. The molecule has 7 nitrogen and oxygen atoms in total. The van der Waals surface area contributed by atoms with Gasteiger partial charge < -0.3 is 10.2 Å². The summed E-state index contributed by atoms with van der Waals surface area (Å²) in [5.41, 5.74) is 2.13. The van der Waals surface area contributed by atoms with Crippen LogP contribution in [-0.2, 0) is 26.2 Å². The van der Waals surface area contributed by atoms with E-state index in [9.17, 15) is 22.4 Å². The Morgan fingerprint density at radius 1 is 0.946 bits per heavy atom. The molecule has 0 aliphatic heterocycles. The highest BCUT2D eigenvalue weighted by Gasteiger charge is 2.33. The Balaban J connectivity index is 2.08. The molecule has 196 valence electrons. The predicted octanol–water partition coefficient (Wildman–Crippen LogP) is 4.19. The lowest BCUT2D eigenvalue weighted by Gasteiger charge is -2.32. The molecule has 0 bridgehead atoms. The predicted molar refractivity (Wildman–Crippen MR) is 142 cm³/mol. The lowest BCUT2D eigenvalue weighted by atomic mass is 10.1. The quantitative estimate of drug-likeness (QED) is 0.430. The van der Waals surface area contributed by atoms with Crippen LogP contribution >= 0.6 is 0 Å². The summed E-state index contributed by atoms with van der Waals surface area (Å²) in [7, 11) is -4.15. The third-order valence-corrected chi connectivity index (χ3v) is 8.05. The molecule has 0 radical (unpaired) electrons. The molecule has 0 unspecified atom stereocenters. The fraction of sp³-hybridized carbons (Fsp3) is 0.286. The van der Waals surface area contributed by atoms with Gasteiger partial charge in [0.25, 0.3) is 10.0 Å². The van der Waals surface area contributed by atoms with Crippen molar-refractivity contribution in [3.63, 3.8) is 0 Å². The molecule has 3 aromatic carbocycles. The van der Waals surface area contributed by atoms with E-state index in [2.05, 4.69) is 5.32 Å². The summed E-state index contributed by atoms with van der Waals surface area (Å²) in [5, 5.41) is 2.68. The maximum Gasteiger partial charge on any atom is 0.264 e. The first-order valence-corrected chi connectivity index (χ1v) is 13.5. The zero-order valence-corrected chi connectivity index (χ0v) is 22.3. The topological polar surface area (TPSA) is 86.8 Å². The number of rotatable bonds is 10. The monoisotopic (exact) mass is 525 g/mol. The van der Waals surface area contributed by atoms with Crippen LogP contribution in [0.4, 0.5) is 10.1 Å². The Morgan fingerprint density at radius 2 is 1.59 bits per heavy atom. The summed E-state index contributed by atoms with van der Waals surface area (Å²) >= 11 is 0. The second-order valence-corrected chi connectivity index (χ2v) is 10.6. The Morgan fingerprint density at radius 3 is 2.24 bits per heavy atom. The van der Waals surface area contributed by atoms with Crippen LogP contribution in [0, 0.1) is 19.7 Å². The fourth-order valence-corrected chi connectivity index (χ4v) is 5.45. The minimum atomic E-state index is -4.15. The van der Waals surface area contributed by atoms with Gasteiger partial charge in [0.15, 0.2) is 0 Å². The number of carbonyl (C=O) groups is 2. The molecular weight excluding hydrogens is 493 g/mol. The van der Waals surface area contributed by atoms with Gasteiger partial charge in [-0.1, -0.05) is 48.5 Å². The normalized spacial score (nSPS) is 12.0. The van der Waals surface area contributed by atoms with E-state index >= 15 is 0 Å². The lowest BCUT2D eigenvalue weighted by molar-refractivity contribution is -0.139. The van der Waals surface area contributed by atoms with Crippen LogP contribution in [0.1, 0.15) is 30.5 Å². The average Bonchev–Trinajstić information content (AvgIpc) is 2.88. The molecule has 3 rings (SSSR count). The number of aryl methyl sites for hydroxylation is 1. The molecule has 2 amide bonds. The van der Waals surface area contributed by atoms with Crippen molar-refractivity contribution >= 4 is 27.5 Å².